The molecule has 2 saturated carbocycles. The summed E-state index contributed by atoms with van der Waals surface area (Å²) in [5.41, 5.74) is 0.508. The quantitative estimate of drug-likeness (QED) is 0.650. The molecular weight excluding hydrogens is 412 g/mol. The third-order valence-electron chi connectivity index (χ3n) is 7.62. The van der Waals surface area contributed by atoms with E-state index in [1.165, 1.54) is 12.8 Å². The van der Waals surface area contributed by atoms with Gasteiger partial charge in [0.25, 0.3) is 0 Å². The summed E-state index contributed by atoms with van der Waals surface area (Å²) in [7, 11) is 0. The molecule has 2 spiro atoms. The Morgan fingerprint density at radius 3 is 2.22 bits per heavy atom. The molecule has 0 aromatic heterocycles. The van der Waals surface area contributed by atoms with Gasteiger partial charge in [-0.25, -0.2) is 4.79 Å². The van der Waals surface area contributed by atoms with Crippen LogP contribution in [-0.4, -0.2) is 54.9 Å². The molecule has 0 amide bonds. The molecule has 5 atom stereocenters. The van der Waals surface area contributed by atoms with E-state index < -0.39 is 36.2 Å². The SMILES string of the molecule is O=C(O[C@H]1[C@H]([C@@H]2COC3(CCCCC3)O2)O[C@H]2OC3(CCCCC3)O[C@@H]21)c1ccccc1. The average Bonchev–Trinajstić information content (AvgIpc) is 3.48. The van der Waals surface area contributed by atoms with Crippen molar-refractivity contribution >= 4 is 5.97 Å². The van der Waals surface area contributed by atoms with Crippen LogP contribution in [0.25, 0.3) is 0 Å². The molecule has 0 radical (unpaired) electrons. The van der Waals surface area contributed by atoms with E-state index in [1.54, 1.807) is 12.1 Å². The Balaban J connectivity index is 1.22. The molecule has 6 rings (SSSR count). The molecule has 5 aliphatic rings. The summed E-state index contributed by atoms with van der Waals surface area (Å²) in [6.45, 7) is 0.425. The molecule has 1 aromatic carbocycles. The lowest BCUT2D eigenvalue weighted by Gasteiger charge is -2.35. The van der Waals surface area contributed by atoms with Crippen molar-refractivity contribution in [1.82, 2.24) is 0 Å². The lowest BCUT2D eigenvalue weighted by atomic mass is 9.94. The second kappa shape index (κ2) is 8.37. The number of esters is 1. The van der Waals surface area contributed by atoms with Gasteiger partial charge in [-0.2, -0.15) is 0 Å². The van der Waals surface area contributed by atoms with Crippen molar-refractivity contribution < 1.29 is 33.2 Å². The third kappa shape index (κ3) is 3.78. The van der Waals surface area contributed by atoms with Gasteiger partial charge in [0.05, 0.1) is 12.2 Å². The highest BCUT2D eigenvalue weighted by atomic mass is 16.9. The summed E-state index contributed by atoms with van der Waals surface area (Å²) in [5, 5.41) is 0. The number of fused-ring (bicyclic) bond motifs is 1. The first-order valence-electron chi connectivity index (χ1n) is 12.2. The maximum atomic E-state index is 13.0. The molecule has 174 valence electrons. The molecule has 2 aliphatic carbocycles. The maximum absolute atomic E-state index is 13.0. The van der Waals surface area contributed by atoms with Crippen LogP contribution >= 0.6 is 0 Å². The predicted octanol–water partition coefficient (Wildman–Crippen LogP) is 4.09. The summed E-state index contributed by atoms with van der Waals surface area (Å²) in [6.07, 6.45) is 7.80. The van der Waals surface area contributed by atoms with Crippen molar-refractivity contribution in [3.05, 3.63) is 35.9 Å². The lowest BCUT2D eigenvalue weighted by molar-refractivity contribution is -0.259. The van der Waals surface area contributed by atoms with Gasteiger partial charge in [0.15, 0.2) is 30.1 Å². The molecule has 3 aliphatic heterocycles. The summed E-state index contributed by atoms with van der Waals surface area (Å²) in [4.78, 5) is 13.0. The second-order valence-electron chi connectivity index (χ2n) is 9.82. The Kier molecular flexibility index (Phi) is 5.50. The number of ether oxygens (including phenoxy) is 6. The van der Waals surface area contributed by atoms with Crippen molar-refractivity contribution in [3.8, 4) is 0 Å². The standard InChI is InChI=1S/C25H32O7/c26-22(17-10-4-1-5-11-17)28-20-19(18-16-27-24(30-18)12-6-2-7-13-24)29-23-21(20)31-25(32-23)14-8-3-9-15-25/h1,4-5,10-11,18-21,23H,2-3,6-9,12-16H2/t18-,19-,20-,21+,23-/m0/s1. The number of rotatable bonds is 3. The van der Waals surface area contributed by atoms with Gasteiger partial charge in [-0.1, -0.05) is 31.0 Å². The zero-order valence-electron chi connectivity index (χ0n) is 18.4. The smallest absolute Gasteiger partial charge is 0.338 e. The van der Waals surface area contributed by atoms with Crippen LogP contribution in [0.1, 0.15) is 74.6 Å². The zero-order valence-corrected chi connectivity index (χ0v) is 18.4. The topological polar surface area (TPSA) is 72.5 Å². The number of carbonyl (C=O) groups is 1. The summed E-state index contributed by atoms with van der Waals surface area (Å²) in [6, 6.07) is 9.04. The van der Waals surface area contributed by atoms with Crippen LogP contribution in [0.2, 0.25) is 0 Å². The lowest BCUT2D eigenvalue weighted by Crippen LogP contribution is -2.46. The Bertz CT molecular complexity index is 815. The van der Waals surface area contributed by atoms with E-state index in [0.29, 0.717) is 12.2 Å². The highest BCUT2D eigenvalue weighted by Gasteiger charge is 2.62. The summed E-state index contributed by atoms with van der Waals surface area (Å²) in [5.74, 6) is -1.53. The van der Waals surface area contributed by atoms with Gasteiger partial charge < -0.3 is 28.4 Å². The van der Waals surface area contributed by atoms with Crippen molar-refractivity contribution in [2.75, 3.05) is 6.61 Å². The van der Waals surface area contributed by atoms with Crippen molar-refractivity contribution in [1.29, 1.82) is 0 Å². The van der Waals surface area contributed by atoms with Gasteiger partial charge in [-0.05, 0) is 37.8 Å². The van der Waals surface area contributed by atoms with E-state index in [1.807, 2.05) is 18.2 Å². The number of carbonyl (C=O) groups excluding carboxylic acids is 1. The van der Waals surface area contributed by atoms with E-state index in [2.05, 4.69) is 0 Å². The summed E-state index contributed by atoms with van der Waals surface area (Å²) < 4.78 is 37.8. The first-order chi connectivity index (χ1) is 15.7. The molecule has 32 heavy (non-hydrogen) atoms. The van der Waals surface area contributed by atoms with Gasteiger partial charge in [-0.15, -0.1) is 0 Å². The number of hydrogen-bond donors (Lipinski definition) is 0. The van der Waals surface area contributed by atoms with Crippen LogP contribution in [-0.2, 0) is 28.4 Å². The van der Waals surface area contributed by atoms with Crippen LogP contribution in [0.15, 0.2) is 30.3 Å². The summed E-state index contributed by atoms with van der Waals surface area (Å²) >= 11 is 0. The fraction of sp³-hybridized carbons (Fsp3) is 0.720. The van der Waals surface area contributed by atoms with Crippen LogP contribution in [0.5, 0.6) is 0 Å². The Morgan fingerprint density at radius 1 is 0.812 bits per heavy atom. The monoisotopic (exact) mass is 444 g/mol. The van der Waals surface area contributed by atoms with Crippen LogP contribution < -0.4 is 0 Å². The van der Waals surface area contributed by atoms with Crippen LogP contribution in [0.4, 0.5) is 0 Å². The van der Waals surface area contributed by atoms with E-state index in [-0.39, 0.29) is 12.1 Å². The molecule has 5 fully saturated rings. The van der Waals surface area contributed by atoms with Gasteiger partial charge >= 0.3 is 5.97 Å². The minimum absolute atomic E-state index is 0.318. The second-order valence-corrected chi connectivity index (χ2v) is 9.82. The van der Waals surface area contributed by atoms with Gasteiger partial charge in [0.2, 0.25) is 0 Å². The molecule has 0 bridgehead atoms. The van der Waals surface area contributed by atoms with Crippen molar-refractivity contribution in [3.63, 3.8) is 0 Å². The Morgan fingerprint density at radius 2 is 1.50 bits per heavy atom. The fourth-order valence-corrected chi connectivity index (χ4v) is 5.97. The average molecular weight is 445 g/mol. The van der Waals surface area contributed by atoms with Crippen molar-refractivity contribution in [2.45, 2.75) is 106 Å². The van der Waals surface area contributed by atoms with Crippen LogP contribution in [0.3, 0.4) is 0 Å². The van der Waals surface area contributed by atoms with Crippen LogP contribution in [0, 0.1) is 0 Å². The van der Waals surface area contributed by atoms with E-state index >= 15 is 0 Å². The van der Waals surface area contributed by atoms with Crippen molar-refractivity contribution in [2.24, 2.45) is 0 Å². The molecule has 3 heterocycles. The zero-order chi connectivity index (χ0) is 21.6. The van der Waals surface area contributed by atoms with E-state index in [0.717, 1.165) is 51.4 Å². The third-order valence-corrected chi connectivity index (χ3v) is 7.62. The van der Waals surface area contributed by atoms with E-state index in [4.69, 9.17) is 28.4 Å². The molecular formula is C25H32O7. The first kappa shape index (κ1) is 21.1. The van der Waals surface area contributed by atoms with Gasteiger partial charge in [0, 0.05) is 25.7 Å². The normalized spacial score (nSPS) is 37.6. The highest BCUT2D eigenvalue weighted by molar-refractivity contribution is 5.89. The van der Waals surface area contributed by atoms with Gasteiger partial charge in [0.1, 0.15) is 12.2 Å². The minimum atomic E-state index is -0.617. The molecule has 0 unspecified atom stereocenters. The predicted molar refractivity (Wildman–Crippen MR) is 113 cm³/mol. The largest absolute Gasteiger partial charge is 0.453 e. The highest BCUT2D eigenvalue weighted by Crippen LogP contribution is 2.48. The molecule has 0 N–H and O–H groups in total. The fourth-order valence-electron chi connectivity index (χ4n) is 5.97. The number of hydrogen-bond acceptors (Lipinski definition) is 7. The molecule has 1 aromatic rings. The Hall–Kier alpha value is -1.51. The first-order valence-corrected chi connectivity index (χ1v) is 12.2. The maximum Gasteiger partial charge on any atom is 0.338 e. The number of benzene rings is 1. The molecule has 3 saturated heterocycles. The molecule has 7 nitrogen and oxygen atoms in total. The minimum Gasteiger partial charge on any atom is -0.453 e. The Labute approximate surface area is 188 Å². The van der Waals surface area contributed by atoms with Gasteiger partial charge in [-0.3, -0.25) is 0 Å². The van der Waals surface area contributed by atoms with E-state index in [9.17, 15) is 4.79 Å². The molecule has 7 heteroatoms.